The van der Waals surface area contributed by atoms with Crippen LogP contribution in [0.5, 0.6) is 0 Å². The Morgan fingerprint density at radius 1 is 1.36 bits per heavy atom. The van der Waals surface area contributed by atoms with E-state index in [1.54, 1.807) is 18.2 Å². The van der Waals surface area contributed by atoms with Gasteiger partial charge in [0.05, 0.1) is 6.26 Å². The van der Waals surface area contributed by atoms with Crippen molar-refractivity contribution >= 4 is 28.8 Å². The van der Waals surface area contributed by atoms with Gasteiger partial charge in [-0.15, -0.1) is 0 Å². The fraction of sp³-hybridized carbons (Fsp3) is 0.200. The smallest absolute Gasteiger partial charge is 0.0831 e. The molecule has 0 aliphatic carbocycles. The molecule has 0 saturated heterocycles. The van der Waals surface area contributed by atoms with E-state index < -0.39 is 0 Å². The van der Waals surface area contributed by atoms with Crippen LogP contribution in [0.2, 0.25) is 10.0 Å². The second-order valence-electron chi connectivity index (χ2n) is 2.75. The third kappa shape index (κ3) is 2.64. The first-order chi connectivity index (χ1) is 6.69. The van der Waals surface area contributed by atoms with E-state index in [2.05, 4.69) is 0 Å². The van der Waals surface area contributed by atoms with Gasteiger partial charge in [0.15, 0.2) is 0 Å². The SMILES string of the molecule is O/C=C(\CCO)c1ccc(Cl)cc1Cl. The zero-order valence-corrected chi connectivity index (χ0v) is 8.89. The minimum absolute atomic E-state index is 0.0364. The lowest BCUT2D eigenvalue weighted by Gasteiger charge is -2.06. The lowest BCUT2D eigenvalue weighted by molar-refractivity contribution is 0.304. The molecule has 0 aromatic heterocycles. The standard InChI is InChI=1S/C10H10Cl2O2/c11-8-1-2-9(10(12)5-8)7(6-14)3-4-13/h1-2,5-6,13-14H,3-4H2/b7-6+. The van der Waals surface area contributed by atoms with Gasteiger partial charge in [-0.1, -0.05) is 29.3 Å². The number of aliphatic hydroxyl groups excluding tert-OH is 2. The molecule has 14 heavy (non-hydrogen) atoms. The zero-order valence-electron chi connectivity index (χ0n) is 7.37. The molecule has 0 amide bonds. The summed E-state index contributed by atoms with van der Waals surface area (Å²) in [4.78, 5) is 0. The topological polar surface area (TPSA) is 40.5 Å². The average molecular weight is 233 g/mol. The van der Waals surface area contributed by atoms with Gasteiger partial charge < -0.3 is 10.2 Å². The molecule has 0 saturated carbocycles. The Bertz CT molecular complexity index is 348. The summed E-state index contributed by atoms with van der Waals surface area (Å²) < 4.78 is 0. The van der Waals surface area contributed by atoms with Crippen molar-refractivity contribution in [3.63, 3.8) is 0 Å². The van der Waals surface area contributed by atoms with Crippen molar-refractivity contribution in [1.29, 1.82) is 0 Å². The Kier molecular flexibility index (Phi) is 4.26. The number of aliphatic hydroxyl groups is 2. The molecule has 1 aromatic carbocycles. The number of benzene rings is 1. The van der Waals surface area contributed by atoms with Crippen LogP contribution in [0.3, 0.4) is 0 Å². The van der Waals surface area contributed by atoms with Crippen molar-refractivity contribution in [3.05, 3.63) is 40.1 Å². The molecular weight excluding hydrogens is 223 g/mol. The number of hydrogen-bond donors (Lipinski definition) is 2. The average Bonchev–Trinajstić information content (AvgIpc) is 2.15. The molecule has 0 bridgehead atoms. The second kappa shape index (κ2) is 5.25. The van der Waals surface area contributed by atoms with Crippen LogP contribution in [0.15, 0.2) is 24.5 Å². The summed E-state index contributed by atoms with van der Waals surface area (Å²) in [6, 6.07) is 4.99. The molecule has 0 aliphatic heterocycles. The van der Waals surface area contributed by atoms with Crippen molar-refractivity contribution < 1.29 is 10.2 Å². The van der Waals surface area contributed by atoms with Crippen molar-refractivity contribution in [2.75, 3.05) is 6.61 Å². The molecule has 76 valence electrons. The molecule has 2 N–H and O–H groups in total. The van der Waals surface area contributed by atoms with Crippen molar-refractivity contribution in [2.24, 2.45) is 0 Å². The molecule has 0 radical (unpaired) electrons. The first-order valence-corrected chi connectivity index (χ1v) is 4.84. The maximum Gasteiger partial charge on any atom is 0.0831 e. The van der Waals surface area contributed by atoms with Crippen LogP contribution in [-0.4, -0.2) is 16.8 Å². The lowest BCUT2D eigenvalue weighted by atomic mass is 10.0. The third-order valence-electron chi connectivity index (χ3n) is 1.81. The molecular formula is C10H10Cl2O2. The molecule has 0 spiro atoms. The van der Waals surface area contributed by atoms with Gasteiger partial charge in [0.25, 0.3) is 0 Å². The highest BCUT2D eigenvalue weighted by atomic mass is 35.5. The van der Waals surface area contributed by atoms with Gasteiger partial charge in [0, 0.05) is 16.7 Å². The summed E-state index contributed by atoms with van der Waals surface area (Å²) >= 11 is 11.6. The number of rotatable bonds is 3. The zero-order chi connectivity index (χ0) is 10.6. The summed E-state index contributed by atoms with van der Waals surface area (Å²) in [6.45, 7) is -0.0364. The van der Waals surface area contributed by atoms with Gasteiger partial charge in [-0.3, -0.25) is 0 Å². The Labute approximate surface area is 92.4 Å². The van der Waals surface area contributed by atoms with E-state index in [4.69, 9.17) is 33.4 Å². The molecule has 4 heteroatoms. The second-order valence-corrected chi connectivity index (χ2v) is 3.60. The van der Waals surface area contributed by atoms with Crippen LogP contribution in [-0.2, 0) is 0 Å². The minimum atomic E-state index is -0.0364. The highest BCUT2D eigenvalue weighted by molar-refractivity contribution is 6.35. The van der Waals surface area contributed by atoms with E-state index in [0.29, 0.717) is 27.6 Å². The Morgan fingerprint density at radius 3 is 2.57 bits per heavy atom. The van der Waals surface area contributed by atoms with E-state index in [9.17, 15) is 0 Å². The number of halogens is 2. The van der Waals surface area contributed by atoms with E-state index in [0.717, 1.165) is 6.26 Å². The minimum Gasteiger partial charge on any atom is -0.515 e. The molecule has 0 unspecified atom stereocenters. The van der Waals surface area contributed by atoms with Crippen LogP contribution in [0.1, 0.15) is 12.0 Å². The fourth-order valence-electron chi connectivity index (χ4n) is 1.14. The molecule has 0 atom stereocenters. The Balaban J connectivity index is 3.05. The molecule has 2 nitrogen and oxygen atoms in total. The summed E-state index contributed by atoms with van der Waals surface area (Å²) in [6.07, 6.45) is 1.31. The summed E-state index contributed by atoms with van der Waals surface area (Å²) in [5, 5.41) is 18.7. The first-order valence-electron chi connectivity index (χ1n) is 4.08. The number of hydrogen-bond acceptors (Lipinski definition) is 2. The highest BCUT2D eigenvalue weighted by Crippen LogP contribution is 2.28. The summed E-state index contributed by atoms with van der Waals surface area (Å²) in [5.74, 6) is 0. The van der Waals surface area contributed by atoms with Gasteiger partial charge in [0.2, 0.25) is 0 Å². The Hall–Kier alpha value is -0.700. The van der Waals surface area contributed by atoms with Crippen molar-refractivity contribution in [1.82, 2.24) is 0 Å². The molecule has 0 aliphatic rings. The summed E-state index contributed by atoms with van der Waals surface area (Å²) in [5.41, 5.74) is 1.28. The van der Waals surface area contributed by atoms with Crippen molar-refractivity contribution in [3.8, 4) is 0 Å². The Morgan fingerprint density at radius 2 is 2.07 bits per heavy atom. The van der Waals surface area contributed by atoms with Gasteiger partial charge >= 0.3 is 0 Å². The lowest BCUT2D eigenvalue weighted by Crippen LogP contribution is -1.90. The summed E-state index contributed by atoms with van der Waals surface area (Å²) in [7, 11) is 0. The van der Waals surface area contributed by atoms with E-state index in [-0.39, 0.29) is 6.61 Å². The third-order valence-corrected chi connectivity index (χ3v) is 2.36. The first kappa shape index (κ1) is 11.4. The van der Waals surface area contributed by atoms with Crippen LogP contribution >= 0.6 is 23.2 Å². The molecule has 1 rings (SSSR count). The highest BCUT2D eigenvalue weighted by Gasteiger charge is 2.06. The largest absolute Gasteiger partial charge is 0.515 e. The fourth-order valence-corrected chi connectivity index (χ4v) is 1.67. The van der Waals surface area contributed by atoms with Crippen LogP contribution in [0.25, 0.3) is 5.57 Å². The molecule has 1 aromatic rings. The molecule has 0 fully saturated rings. The normalized spacial score (nSPS) is 11.8. The van der Waals surface area contributed by atoms with Crippen molar-refractivity contribution in [2.45, 2.75) is 6.42 Å². The van der Waals surface area contributed by atoms with Crippen LogP contribution in [0, 0.1) is 0 Å². The van der Waals surface area contributed by atoms with Crippen LogP contribution < -0.4 is 0 Å². The van der Waals surface area contributed by atoms with E-state index in [1.807, 2.05) is 0 Å². The molecule has 0 heterocycles. The quantitative estimate of drug-likeness (QED) is 0.786. The maximum atomic E-state index is 8.94. The predicted octanol–water partition coefficient (Wildman–Crippen LogP) is 3.27. The van der Waals surface area contributed by atoms with E-state index in [1.165, 1.54) is 0 Å². The van der Waals surface area contributed by atoms with Crippen LogP contribution in [0.4, 0.5) is 0 Å². The maximum absolute atomic E-state index is 8.94. The van der Waals surface area contributed by atoms with Gasteiger partial charge in [-0.25, -0.2) is 0 Å². The van der Waals surface area contributed by atoms with E-state index >= 15 is 0 Å². The van der Waals surface area contributed by atoms with Gasteiger partial charge in [0.1, 0.15) is 0 Å². The van der Waals surface area contributed by atoms with Gasteiger partial charge in [-0.2, -0.15) is 0 Å². The van der Waals surface area contributed by atoms with Gasteiger partial charge in [-0.05, 0) is 29.7 Å². The predicted molar refractivity (Wildman–Crippen MR) is 58.8 cm³/mol. The monoisotopic (exact) mass is 232 g/mol.